The van der Waals surface area contributed by atoms with Crippen LogP contribution in [0, 0.1) is 0 Å². The number of nitrogens with zero attached hydrogens (tertiary/aromatic N) is 1. The summed E-state index contributed by atoms with van der Waals surface area (Å²) in [6, 6.07) is 3.79. The quantitative estimate of drug-likeness (QED) is 0.919. The van der Waals surface area contributed by atoms with E-state index < -0.39 is 0 Å². The van der Waals surface area contributed by atoms with E-state index in [4.69, 9.17) is 8.83 Å². The fraction of sp³-hybridized carbons (Fsp3) is 0.400. The highest BCUT2D eigenvalue weighted by molar-refractivity contribution is 7.99. The molecular weight excluding hydrogens is 288 g/mol. The highest BCUT2D eigenvalue weighted by Crippen LogP contribution is 2.24. The zero-order chi connectivity index (χ0) is 14.5. The van der Waals surface area contributed by atoms with Crippen LogP contribution in [-0.4, -0.2) is 41.9 Å². The summed E-state index contributed by atoms with van der Waals surface area (Å²) in [6.07, 6.45) is 6.40. The summed E-state index contributed by atoms with van der Waals surface area (Å²) >= 11 is 1.97. The predicted molar refractivity (Wildman–Crippen MR) is 81.4 cm³/mol. The molecular formula is C15H18N2O3S. The lowest BCUT2D eigenvalue weighted by molar-refractivity contribution is 0.0934. The van der Waals surface area contributed by atoms with Crippen LogP contribution in [0.25, 0.3) is 0 Å². The molecule has 1 amide bonds. The Morgan fingerprint density at radius 3 is 2.67 bits per heavy atom. The number of thioether (sulfide) groups is 1. The molecule has 1 atom stereocenters. The monoisotopic (exact) mass is 306 g/mol. The molecule has 1 aliphatic rings. The Kier molecular flexibility index (Phi) is 4.67. The van der Waals surface area contributed by atoms with Crippen molar-refractivity contribution in [1.29, 1.82) is 0 Å². The lowest BCUT2D eigenvalue weighted by Crippen LogP contribution is -2.41. The van der Waals surface area contributed by atoms with E-state index in [1.807, 2.05) is 17.8 Å². The molecule has 1 N–H and O–H groups in total. The molecule has 5 nitrogen and oxygen atoms in total. The zero-order valence-electron chi connectivity index (χ0n) is 11.7. The van der Waals surface area contributed by atoms with Gasteiger partial charge in [0.25, 0.3) is 5.91 Å². The second kappa shape index (κ2) is 6.87. The average molecular weight is 306 g/mol. The van der Waals surface area contributed by atoms with Gasteiger partial charge in [0.05, 0.1) is 30.4 Å². The maximum atomic E-state index is 12.0. The Labute approximate surface area is 127 Å². The number of furan rings is 2. The zero-order valence-corrected chi connectivity index (χ0v) is 12.5. The summed E-state index contributed by atoms with van der Waals surface area (Å²) in [5, 5.41) is 2.98. The number of hydrogen-bond donors (Lipinski definition) is 1. The second-order valence-corrected chi connectivity index (χ2v) is 6.17. The van der Waals surface area contributed by atoms with E-state index in [0.29, 0.717) is 12.1 Å². The Bertz CT molecular complexity index is 548. The van der Waals surface area contributed by atoms with Crippen LogP contribution >= 0.6 is 11.8 Å². The molecule has 2 aromatic heterocycles. The maximum Gasteiger partial charge on any atom is 0.254 e. The van der Waals surface area contributed by atoms with Crippen LogP contribution in [0.2, 0.25) is 0 Å². The molecule has 0 spiro atoms. The van der Waals surface area contributed by atoms with Crippen LogP contribution in [0.4, 0.5) is 0 Å². The lowest BCUT2D eigenvalue weighted by atomic mass is 10.1. The van der Waals surface area contributed by atoms with Crippen molar-refractivity contribution in [2.75, 3.05) is 31.1 Å². The highest BCUT2D eigenvalue weighted by Gasteiger charge is 2.24. The van der Waals surface area contributed by atoms with Gasteiger partial charge in [-0.3, -0.25) is 9.69 Å². The van der Waals surface area contributed by atoms with Gasteiger partial charge in [-0.05, 0) is 12.1 Å². The Balaban J connectivity index is 1.66. The molecule has 0 saturated carbocycles. The maximum absolute atomic E-state index is 12.0. The fourth-order valence-electron chi connectivity index (χ4n) is 2.50. The van der Waals surface area contributed by atoms with Crippen LogP contribution in [0.1, 0.15) is 22.0 Å². The van der Waals surface area contributed by atoms with Gasteiger partial charge < -0.3 is 14.2 Å². The van der Waals surface area contributed by atoms with Gasteiger partial charge in [-0.1, -0.05) is 0 Å². The molecule has 21 heavy (non-hydrogen) atoms. The van der Waals surface area contributed by atoms with Crippen molar-refractivity contribution in [2.24, 2.45) is 0 Å². The smallest absolute Gasteiger partial charge is 0.254 e. The first-order valence-corrected chi connectivity index (χ1v) is 8.14. The molecule has 0 aromatic carbocycles. The van der Waals surface area contributed by atoms with E-state index in [9.17, 15) is 4.79 Å². The van der Waals surface area contributed by atoms with E-state index in [2.05, 4.69) is 10.2 Å². The minimum atomic E-state index is -0.108. The van der Waals surface area contributed by atoms with Gasteiger partial charge in [0.15, 0.2) is 0 Å². The molecule has 2 aromatic rings. The van der Waals surface area contributed by atoms with Crippen LogP contribution in [0.15, 0.2) is 46.0 Å². The third kappa shape index (κ3) is 3.51. The summed E-state index contributed by atoms with van der Waals surface area (Å²) in [5.41, 5.74) is 1.66. The molecule has 0 bridgehead atoms. The van der Waals surface area contributed by atoms with Crippen LogP contribution in [0.5, 0.6) is 0 Å². The molecule has 1 aliphatic heterocycles. The first-order chi connectivity index (χ1) is 10.3. The van der Waals surface area contributed by atoms with Crippen molar-refractivity contribution in [3.05, 3.63) is 48.3 Å². The van der Waals surface area contributed by atoms with Gasteiger partial charge in [-0.25, -0.2) is 0 Å². The summed E-state index contributed by atoms with van der Waals surface area (Å²) in [7, 11) is 0. The number of nitrogens with one attached hydrogen (secondary N) is 1. The Morgan fingerprint density at radius 1 is 1.24 bits per heavy atom. The van der Waals surface area contributed by atoms with Crippen molar-refractivity contribution >= 4 is 17.7 Å². The van der Waals surface area contributed by atoms with Crippen molar-refractivity contribution in [3.8, 4) is 0 Å². The molecule has 0 unspecified atom stereocenters. The van der Waals surface area contributed by atoms with Crippen molar-refractivity contribution in [1.82, 2.24) is 10.2 Å². The first-order valence-electron chi connectivity index (χ1n) is 6.99. The summed E-state index contributed by atoms with van der Waals surface area (Å²) in [4.78, 5) is 14.4. The van der Waals surface area contributed by atoms with E-state index in [-0.39, 0.29) is 11.9 Å². The molecule has 1 saturated heterocycles. The number of amides is 1. The average Bonchev–Trinajstić information content (AvgIpc) is 3.22. The van der Waals surface area contributed by atoms with Gasteiger partial charge in [-0.15, -0.1) is 0 Å². The Hall–Kier alpha value is -1.66. The molecule has 6 heteroatoms. The van der Waals surface area contributed by atoms with E-state index in [1.54, 1.807) is 18.6 Å². The largest absolute Gasteiger partial charge is 0.472 e. The van der Waals surface area contributed by atoms with Gasteiger partial charge in [-0.2, -0.15) is 11.8 Å². The minimum absolute atomic E-state index is 0.108. The highest BCUT2D eigenvalue weighted by atomic mass is 32.2. The summed E-state index contributed by atoms with van der Waals surface area (Å²) in [5.74, 6) is 2.15. The van der Waals surface area contributed by atoms with Gasteiger partial charge in [0.1, 0.15) is 6.26 Å². The second-order valence-electron chi connectivity index (χ2n) is 4.94. The number of hydrogen-bond acceptors (Lipinski definition) is 5. The third-order valence-corrected chi connectivity index (χ3v) is 4.60. The minimum Gasteiger partial charge on any atom is -0.472 e. The molecule has 0 aliphatic carbocycles. The van der Waals surface area contributed by atoms with Gasteiger partial charge in [0.2, 0.25) is 0 Å². The number of carbonyl (C=O) groups excluding carboxylic acids is 1. The predicted octanol–water partition coefficient (Wildman–Crippen LogP) is 2.39. The number of carbonyl (C=O) groups is 1. The molecule has 1 fully saturated rings. The van der Waals surface area contributed by atoms with Crippen LogP contribution < -0.4 is 5.32 Å². The third-order valence-electron chi connectivity index (χ3n) is 3.65. The molecule has 112 valence electrons. The first kappa shape index (κ1) is 14.3. The van der Waals surface area contributed by atoms with Gasteiger partial charge in [0, 0.05) is 36.7 Å². The van der Waals surface area contributed by atoms with E-state index in [1.165, 1.54) is 12.5 Å². The molecule has 3 rings (SSSR count). The van der Waals surface area contributed by atoms with E-state index >= 15 is 0 Å². The normalized spacial score (nSPS) is 17.5. The van der Waals surface area contributed by atoms with E-state index in [0.717, 1.165) is 30.2 Å². The molecule has 3 heterocycles. The number of rotatable bonds is 5. The fourth-order valence-corrected chi connectivity index (χ4v) is 3.43. The van der Waals surface area contributed by atoms with Crippen LogP contribution in [0.3, 0.4) is 0 Å². The summed E-state index contributed by atoms with van der Waals surface area (Å²) < 4.78 is 10.1. The van der Waals surface area contributed by atoms with Crippen molar-refractivity contribution in [3.63, 3.8) is 0 Å². The lowest BCUT2D eigenvalue weighted by Gasteiger charge is -2.33. The topological polar surface area (TPSA) is 58.6 Å². The van der Waals surface area contributed by atoms with Crippen LogP contribution in [-0.2, 0) is 0 Å². The standard InChI is InChI=1S/C15H18N2O3S/c18-15(13-2-6-20-11-13)16-9-14(12-1-5-19-10-12)17-3-7-21-8-4-17/h1-2,5-6,10-11,14H,3-4,7-9H2,(H,16,18)/t14-/m1/s1. The van der Waals surface area contributed by atoms with Crippen molar-refractivity contribution < 1.29 is 13.6 Å². The molecule has 0 radical (unpaired) electrons. The Morgan fingerprint density at radius 2 is 2.00 bits per heavy atom. The SMILES string of the molecule is O=C(NC[C@H](c1ccoc1)N1CCSCC1)c1ccoc1. The van der Waals surface area contributed by atoms with Crippen molar-refractivity contribution in [2.45, 2.75) is 6.04 Å². The van der Waals surface area contributed by atoms with Gasteiger partial charge >= 0.3 is 0 Å². The summed E-state index contributed by atoms with van der Waals surface area (Å²) in [6.45, 7) is 2.62.